The van der Waals surface area contributed by atoms with Crippen LogP contribution in [0.1, 0.15) is 0 Å². The maximum atomic E-state index is 11.2. The third-order valence-electron chi connectivity index (χ3n) is 5.46. The fourth-order valence-corrected chi connectivity index (χ4v) is 4.54. The molecule has 0 bridgehead atoms. The molecule has 0 amide bonds. The molecule has 0 aliphatic rings. The smallest absolute Gasteiger partial charge is 0.138 e. The Morgan fingerprint density at radius 3 is 1.67 bits per heavy atom. The van der Waals surface area contributed by atoms with E-state index in [1.54, 1.807) is 0 Å². The molecule has 0 fully saturated rings. The standard InChI is InChI=1S/C28H19BrO/c29-25-18-21-14-7-8-15-24(21)27(28(25)30)26-22(19-10-3-1-4-11-19)16-9-17-23(26)20-12-5-2-6-13-20/h1-18,30H. The van der Waals surface area contributed by atoms with Crippen molar-refractivity contribution in [3.63, 3.8) is 0 Å². The average molecular weight is 451 g/mol. The summed E-state index contributed by atoms with van der Waals surface area (Å²) in [5.74, 6) is 0.259. The molecule has 0 aliphatic carbocycles. The van der Waals surface area contributed by atoms with E-state index in [4.69, 9.17) is 0 Å². The van der Waals surface area contributed by atoms with Crippen molar-refractivity contribution in [1.29, 1.82) is 0 Å². The van der Waals surface area contributed by atoms with Gasteiger partial charge in [0, 0.05) is 11.1 Å². The van der Waals surface area contributed by atoms with Crippen LogP contribution in [0.2, 0.25) is 0 Å². The van der Waals surface area contributed by atoms with E-state index >= 15 is 0 Å². The van der Waals surface area contributed by atoms with Crippen molar-refractivity contribution in [3.8, 4) is 39.1 Å². The molecule has 1 nitrogen and oxygen atoms in total. The highest BCUT2D eigenvalue weighted by Crippen LogP contribution is 2.48. The van der Waals surface area contributed by atoms with Crippen molar-refractivity contribution in [3.05, 3.63) is 114 Å². The van der Waals surface area contributed by atoms with Crippen LogP contribution in [0.15, 0.2) is 114 Å². The zero-order valence-corrected chi connectivity index (χ0v) is 17.8. The van der Waals surface area contributed by atoms with Gasteiger partial charge in [0.25, 0.3) is 0 Å². The van der Waals surface area contributed by atoms with E-state index in [0.29, 0.717) is 4.47 Å². The first kappa shape index (κ1) is 18.7. The Morgan fingerprint density at radius 2 is 1.07 bits per heavy atom. The second kappa shape index (κ2) is 7.81. The number of phenolic OH excluding ortho intramolecular Hbond substituents is 1. The molecule has 0 spiro atoms. The van der Waals surface area contributed by atoms with Crippen LogP contribution in [0.3, 0.4) is 0 Å². The van der Waals surface area contributed by atoms with Crippen LogP contribution in [0.5, 0.6) is 5.75 Å². The molecule has 0 saturated carbocycles. The van der Waals surface area contributed by atoms with Gasteiger partial charge in [-0.2, -0.15) is 0 Å². The first-order chi connectivity index (χ1) is 14.7. The van der Waals surface area contributed by atoms with Crippen molar-refractivity contribution in [2.45, 2.75) is 0 Å². The largest absolute Gasteiger partial charge is 0.506 e. The number of aromatic hydroxyl groups is 1. The molecule has 0 unspecified atom stereocenters. The molecule has 144 valence electrons. The van der Waals surface area contributed by atoms with Crippen LogP contribution < -0.4 is 0 Å². The summed E-state index contributed by atoms with van der Waals surface area (Å²) in [4.78, 5) is 0. The van der Waals surface area contributed by atoms with Crippen LogP contribution in [0.4, 0.5) is 0 Å². The number of rotatable bonds is 3. The van der Waals surface area contributed by atoms with Crippen molar-refractivity contribution in [1.82, 2.24) is 0 Å². The molecule has 0 heterocycles. The van der Waals surface area contributed by atoms with Gasteiger partial charge in [-0.25, -0.2) is 0 Å². The first-order valence-corrected chi connectivity index (χ1v) is 10.7. The topological polar surface area (TPSA) is 20.2 Å². The third-order valence-corrected chi connectivity index (χ3v) is 6.06. The van der Waals surface area contributed by atoms with Crippen LogP contribution in [-0.2, 0) is 0 Å². The molecule has 5 aromatic rings. The van der Waals surface area contributed by atoms with Crippen molar-refractivity contribution < 1.29 is 5.11 Å². The minimum atomic E-state index is 0.259. The lowest BCUT2D eigenvalue weighted by Gasteiger charge is -2.19. The van der Waals surface area contributed by atoms with Gasteiger partial charge in [0.05, 0.1) is 4.47 Å². The molecular weight excluding hydrogens is 432 g/mol. The Labute approximate surface area is 184 Å². The van der Waals surface area contributed by atoms with Gasteiger partial charge in [0.2, 0.25) is 0 Å². The van der Waals surface area contributed by atoms with Gasteiger partial charge in [0.15, 0.2) is 0 Å². The normalized spacial score (nSPS) is 11.0. The summed E-state index contributed by atoms with van der Waals surface area (Å²) in [5.41, 5.74) is 6.30. The maximum Gasteiger partial charge on any atom is 0.138 e. The quantitative estimate of drug-likeness (QED) is 0.293. The van der Waals surface area contributed by atoms with E-state index in [2.05, 4.69) is 70.5 Å². The monoisotopic (exact) mass is 450 g/mol. The van der Waals surface area contributed by atoms with Gasteiger partial charge in [-0.05, 0) is 55.0 Å². The fraction of sp³-hybridized carbons (Fsp3) is 0. The lowest BCUT2D eigenvalue weighted by molar-refractivity contribution is 0.475. The van der Waals surface area contributed by atoms with E-state index in [9.17, 15) is 5.11 Å². The predicted molar refractivity (Wildman–Crippen MR) is 130 cm³/mol. The summed E-state index contributed by atoms with van der Waals surface area (Å²) in [6.07, 6.45) is 0. The number of fused-ring (bicyclic) bond motifs is 1. The van der Waals surface area contributed by atoms with Crippen LogP contribution >= 0.6 is 15.9 Å². The van der Waals surface area contributed by atoms with E-state index in [1.807, 2.05) is 54.6 Å². The summed E-state index contributed by atoms with van der Waals surface area (Å²) in [7, 11) is 0. The summed E-state index contributed by atoms with van der Waals surface area (Å²) >= 11 is 3.58. The second-order valence-electron chi connectivity index (χ2n) is 7.26. The van der Waals surface area contributed by atoms with Crippen molar-refractivity contribution in [2.24, 2.45) is 0 Å². The van der Waals surface area contributed by atoms with E-state index in [-0.39, 0.29) is 5.75 Å². The molecule has 1 N–H and O–H groups in total. The van der Waals surface area contributed by atoms with E-state index < -0.39 is 0 Å². The number of hydrogen-bond donors (Lipinski definition) is 1. The van der Waals surface area contributed by atoms with E-state index in [1.165, 1.54) is 0 Å². The van der Waals surface area contributed by atoms with Crippen LogP contribution in [-0.4, -0.2) is 5.11 Å². The highest BCUT2D eigenvalue weighted by molar-refractivity contribution is 9.10. The Bertz CT molecular complexity index is 1280. The fourth-order valence-electron chi connectivity index (χ4n) is 4.09. The molecule has 0 aliphatic heterocycles. The Balaban J connectivity index is 1.95. The minimum Gasteiger partial charge on any atom is -0.506 e. The van der Waals surface area contributed by atoms with Gasteiger partial charge < -0.3 is 5.11 Å². The average Bonchev–Trinajstić information content (AvgIpc) is 2.81. The zero-order valence-electron chi connectivity index (χ0n) is 16.2. The first-order valence-electron chi connectivity index (χ1n) is 9.88. The molecule has 5 rings (SSSR count). The van der Waals surface area contributed by atoms with Crippen molar-refractivity contribution in [2.75, 3.05) is 0 Å². The van der Waals surface area contributed by atoms with Gasteiger partial charge in [-0.15, -0.1) is 0 Å². The zero-order chi connectivity index (χ0) is 20.5. The molecular formula is C28H19BrO. The maximum absolute atomic E-state index is 11.2. The number of benzene rings is 5. The molecule has 0 saturated heterocycles. The highest BCUT2D eigenvalue weighted by atomic mass is 79.9. The van der Waals surface area contributed by atoms with E-state index in [0.717, 1.165) is 44.2 Å². The van der Waals surface area contributed by atoms with Crippen LogP contribution in [0, 0.1) is 0 Å². The molecule has 0 aromatic heterocycles. The Kier molecular flexibility index (Phi) is 4.86. The molecule has 0 radical (unpaired) electrons. The van der Waals surface area contributed by atoms with Gasteiger partial charge >= 0.3 is 0 Å². The SMILES string of the molecule is Oc1c(Br)cc2ccccc2c1-c1c(-c2ccccc2)cccc1-c1ccccc1. The predicted octanol–water partition coefficient (Wildman–Crippen LogP) is 8.31. The van der Waals surface area contributed by atoms with Gasteiger partial charge in [-0.3, -0.25) is 0 Å². The summed E-state index contributed by atoms with van der Waals surface area (Å²) in [5, 5.41) is 13.4. The summed E-state index contributed by atoms with van der Waals surface area (Å²) in [6, 6.07) is 37.2. The number of phenols is 1. The molecule has 30 heavy (non-hydrogen) atoms. The van der Waals surface area contributed by atoms with Crippen LogP contribution in [0.25, 0.3) is 44.2 Å². The van der Waals surface area contributed by atoms with Gasteiger partial charge in [0.1, 0.15) is 5.75 Å². The van der Waals surface area contributed by atoms with Crippen molar-refractivity contribution >= 4 is 26.7 Å². The molecule has 5 aromatic carbocycles. The number of hydrogen-bond acceptors (Lipinski definition) is 1. The second-order valence-corrected chi connectivity index (χ2v) is 8.12. The summed E-state index contributed by atoms with van der Waals surface area (Å²) < 4.78 is 0.693. The Morgan fingerprint density at radius 1 is 0.533 bits per heavy atom. The third kappa shape index (κ3) is 3.20. The highest BCUT2D eigenvalue weighted by Gasteiger charge is 2.20. The van der Waals surface area contributed by atoms with Gasteiger partial charge in [-0.1, -0.05) is 103 Å². The minimum absolute atomic E-state index is 0.259. The lowest BCUT2D eigenvalue weighted by atomic mass is 9.85. The Hall–Kier alpha value is -3.36. The number of halogens is 1. The summed E-state index contributed by atoms with van der Waals surface area (Å²) in [6.45, 7) is 0. The lowest BCUT2D eigenvalue weighted by Crippen LogP contribution is -1.93. The molecule has 0 atom stereocenters. The molecule has 2 heteroatoms.